The van der Waals surface area contributed by atoms with E-state index < -0.39 is 5.82 Å². The summed E-state index contributed by atoms with van der Waals surface area (Å²) in [6, 6.07) is 6.61. The highest BCUT2D eigenvalue weighted by atomic mass is 19.1. The van der Waals surface area contributed by atoms with Gasteiger partial charge < -0.3 is 9.47 Å². The minimum atomic E-state index is -0.456. The van der Waals surface area contributed by atoms with Gasteiger partial charge in [0.15, 0.2) is 0 Å². The van der Waals surface area contributed by atoms with Crippen molar-refractivity contribution in [3.8, 4) is 6.07 Å². The first-order chi connectivity index (χ1) is 10.1. The molecule has 1 atom stereocenters. The van der Waals surface area contributed by atoms with Crippen molar-refractivity contribution >= 4 is 0 Å². The van der Waals surface area contributed by atoms with Crippen LogP contribution in [0.5, 0.6) is 0 Å². The fourth-order valence-corrected chi connectivity index (χ4v) is 2.33. The standard InChI is InChI=1S/C16H21FN2O2/c1-12(2)21-11-15-10-19(5-6-20-15)9-13-3-4-14(8-18)16(17)7-13/h3-4,7,12,15H,5-6,9-11H2,1-2H3. The molecule has 21 heavy (non-hydrogen) atoms. The second kappa shape index (κ2) is 7.51. The van der Waals surface area contributed by atoms with E-state index in [0.717, 1.165) is 18.7 Å². The normalized spacial score (nSPS) is 19.7. The monoisotopic (exact) mass is 292 g/mol. The highest BCUT2D eigenvalue weighted by molar-refractivity contribution is 5.33. The van der Waals surface area contributed by atoms with Crippen molar-refractivity contribution in [2.24, 2.45) is 0 Å². The van der Waals surface area contributed by atoms with Gasteiger partial charge in [-0.3, -0.25) is 4.90 Å². The summed E-state index contributed by atoms with van der Waals surface area (Å²) in [6.45, 7) is 7.49. The number of nitriles is 1. The molecule has 1 aromatic rings. The van der Waals surface area contributed by atoms with Crippen LogP contribution in [0.15, 0.2) is 18.2 Å². The molecule has 0 radical (unpaired) electrons. The lowest BCUT2D eigenvalue weighted by Gasteiger charge is -2.33. The number of morpholine rings is 1. The summed E-state index contributed by atoms with van der Waals surface area (Å²) in [5.41, 5.74) is 0.959. The number of benzene rings is 1. The molecule has 2 rings (SSSR count). The highest BCUT2D eigenvalue weighted by Gasteiger charge is 2.21. The van der Waals surface area contributed by atoms with Gasteiger partial charge in [-0.05, 0) is 31.5 Å². The van der Waals surface area contributed by atoms with E-state index in [2.05, 4.69) is 4.90 Å². The number of nitrogens with zero attached hydrogens (tertiary/aromatic N) is 2. The Morgan fingerprint density at radius 3 is 3.00 bits per heavy atom. The lowest BCUT2D eigenvalue weighted by Crippen LogP contribution is -2.44. The smallest absolute Gasteiger partial charge is 0.141 e. The summed E-state index contributed by atoms with van der Waals surface area (Å²) in [6.07, 6.45) is 0.251. The average molecular weight is 292 g/mol. The van der Waals surface area contributed by atoms with Crippen molar-refractivity contribution < 1.29 is 13.9 Å². The molecule has 0 amide bonds. The number of halogens is 1. The van der Waals surface area contributed by atoms with Crippen molar-refractivity contribution in [1.82, 2.24) is 4.90 Å². The van der Waals surface area contributed by atoms with Crippen LogP contribution >= 0.6 is 0 Å². The average Bonchev–Trinajstić information content (AvgIpc) is 2.46. The van der Waals surface area contributed by atoms with Gasteiger partial charge in [0.2, 0.25) is 0 Å². The lowest BCUT2D eigenvalue weighted by molar-refractivity contribution is -0.0814. The first kappa shape index (κ1) is 15.9. The van der Waals surface area contributed by atoms with E-state index in [1.807, 2.05) is 19.9 Å². The fourth-order valence-electron chi connectivity index (χ4n) is 2.33. The third-order valence-corrected chi connectivity index (χ3v) is 3.40. The van der Waals surface area contributed by atoms with Gasteiger partial charge in [0.05, 0.1) is 31.0 Å². The molecule has 0 spiro atoms. The molecule has 0 aromatic heterocycles. The van der Waals surface area contributed by atoms with Crippen LogP contribution in [0.25, 0.3) is 0 Å². The number of rotatable bonds is 5. The molecule has 5 heteroatoms. The van der Waals surface area contributed by atoms with Crippen LogP contribution in [0, 0.1) is 17.1 Å². The Balaban J connectivity index is 1.90. The topological polar surface area (TPSA) is 45.5 Å². The van der Waals surface area contributed by atoms with Gasteiger partial charge in [0, 0.05) is 19.6 Å². The Kier molecular flexibility index (Phi) is 5.68. The van der Waals surface area contributed by atoms with Crippen LogP contribution in [-0.4, -0.2) is 43.4 Å². The summed E-state index contributed by atoms with van der Waals surface area (Å²) in [5.74, 6) is -0.456. The fraction of sp³-hybridized carbons (Fsp3) is 0.562. The summed E-state index contributed by atoms with van der Waals surface area (Å²) in [5, 5.41) is 8.74. The minimum absolute atomic E-state index is 0.0596. The molecule has 1 heterocycles. The van der Waals surface area contributed by atoms with Gasteiger partial charge in [-0.1, -0.05) is 6.07 Å². The van der Waals surface area contributed by atoms with E-state index in [-0.39, 0.29) is 17.8 Å². The van der Waals surface area contributed by atoms with Gasteiger partial charge in [0.25, 0.3) is 0 Å². The van der Waals surface area contributed by atoms with Crippen molar-refractivity contribution in [2.45, 2.75) is 32.6 Å². The van der Waals surface area contributed by atoms with Gasteiger partial charge >= 0.3 is 0 Å². The Bertz CT molecular complexity index is 513. The molecular formula is C16H21FN2O2. The lowest BCUT2D eigenvalue weighted by atomic mass is 10.1. The molecule has 0 bridgehead atoms. The zero-order valence-corrected chi connectivity index (χ0v) is 12.5. The van der Waals surface area contributed by atoms with Crippen LogP contribution in [-0.2, 0) is 16.0 Å². The molecule has 1 fully saturated rings. The van der Waals surface area contributed by atoms with Gasteiger partial charge in [-0.25, -0.2) is 4.39 Å². The zero-order valence-electron chi connectivity index (χ0n) is 12.5. The molecule has 114 valence electrons. The maximum Gasteiger partial charge on any atom is 0.141 e. The molecule has 1 saturated heterocycles. The summed E-state index contributed by atoms with van der Waals surface area (Å²) < 4.78 is 24.9. The third-order valence-electron chi connectivity index (χ3n) is 3.40. The van der Waals surface area contributed by atoms with Crippen molar-refractivity contribution in [1.29, 1.82) is 5.26 Å². The van der Waals surface area contributed by atoms with Crippen LogP contribution in [0.1, 0.15) is 25.0 Å². The SMILES string of the molecule is CC(C)OCC1CN(Cc2ccc(C#N)c(F)c2)CCO1. The first-order valence-corrected chi connectivity index (χ1v) is 7.22. The summed E-state index contributed by atoms with van der Waals surface area (Å²) >= 11 is 0. The second-order valence-electron chi connectivity index (χ2n) is 5.54. The number of ether oxygens (including phenoxy) is 2. The summed E-state index contributed by atoms with van der Waals surface area (Å²) in [7, 11) is 0. The zero-order chi connectivity index (χ0) is 15.2. The Morgan fingerprint density at radius 1 is 1.52 bits per heavy atom. The molecule has 4 nitrogen and oxygen atoms in total. The molecule has 1 aromatic carbocycles. The van der Waals surface area contributed by atoms with Crippen molar-refractivity contribution in [3.05, 3.63) is 35.1 Å². The molecule has 0 aliphatic carbocycles. The van der Waals surface area contributed by atoms with Gasteiger partial charge in [-0.2, -0.15) is 5.26 Å². The van der Waals surface area contributed by atoms with E-state index in [1.54, 1.807) is 6.07 Å². The molecule has 0 N–H and O–H groups in total. The van der Waals surface area contributed by atoms with Crippen molar-refractivity contribution in [2.75, 3.05) is 26.3 Å². The molecule has 0 saturated carbocycles. The second-order valence-corrected chi connectivity index (χ2v) is 5.54. The van der Waals surface area contributed by atoms with Gasteiger partial charge in [0.1, 0.15) is 11.9 Å². The van der Waals surface area contributed by atoms with Crippen LogP contribution in [0.3, 0.4) is 0 Å². The Labute approximate surface area is 125 Å². The Hall–Kier alpha value is -1.48. The Morgan fingerprint density at radius 2 is 2.33 bits per heavy atom. The minimum Gasteiger partial charge on any atom is -0.376 e. The first-order valence-electron chi connectivity index (χ1n) is 7.22. The quantitative estimate of drug-likeness (QED) is 0.835. The van der Waals surface area contributed by atoms with E-state index in [9.17, 15) is 4.39 Å². The maximum absolute atomic E-state index is 13.6. The number of hydrogen-bond acceptors (Lipinski definition) is 4. The van der Waals surface area contributed by atoms with Crippen LogP contribution < -0.4 is 0 Å². The van der Waals surface area contributed by atoms with E-state index in [1.165, 1.54) is 12.1 Å². The van der Waals surface area contributed by atoms with Crippen LogP contribution in [0.4, 0.5) is 4.39 Å². The van der Waals surface area contributed by atoms with E-state index in [4.69, 9.17) is 14.7 Å². The molecule has 1 aliphatic heterocycles. The predicted octanol–water partition coefficient (Wildman–Crippen LogP) is 2.32. The molecular weight excluding hydrogens is 271 g/mol. The highest BCUT2D eigenvalue weighted by Crippen LogP contribution is 2.14. The van der Waals surface area contributed by atoms with E-state index in [0.29, 0.717) is 19.8 Å². The van der Waals surface area contributed by atoms with Gasteiger partial charge in [-0.15, -0.1) is 0 Å². The summed E-state index contributed by atoms with van der Waals surface area (Å²) in [4.78, 5) is 2.22. The third kappa shape index (κ3) is 4.78. The molecule has 1 unspecified atom stereocenters. The molecule has 1 aliphatic rings. The predicted molar refractivity (Wildman–Crippen MR) is 77.2 cm³/mol. The largest absolute Gasteiger partial charge is 0.376 e. The van der Waals surface area contributed by atoms with Crippen molar-refractivity contribution in [3.63, 3.8) is 0 Å². The van der Waals surface area contributed by atoms with E-state index >= 15 is 0 Å². The van der Waals surface area contributed by atoms with Crippen LogP contribution in [0.2, 0.25) is 0 Å². The maximum atomic E-state index is 13.6. The number of hydrogen-bond donors (Lipinski definition) is 0.